The molecule has 3 N–H and O–H groups in total. The first-order valence-corrected chi connectivity index (χ1v) is 11.5. The first-order valence-electron chi connectivity index (χ1n) is 11.5. The molecule has 1 saturated heterocycles. The fourth-order valence-corrected chi connectivity index (χ4v) is 4.62. The van der Waals surface area contributed by atoms with Crippen molar-refractivity contribution in [2.75, 3.05) is 19.6 Å². The summed E-state index contributed by atoms with van der Waals surface area (Å²) in [6, 6.07) is 14.5. The molecular formula is C25H29N7O. The van der Waals surface area contributed by atoms with Crippen molar-refractivity contribution in [1.82, 2.24) is 29.8 Å². The number of hydrogen-bond acceptors (Lipinski definition) is 6. The number of nitrogens with one attached hydrogen (secondary N) is 1. The number of nitrogens with zero attached hydrogens (tertiary/aromatic N) is 5. The second kappa shape index (κ2) is 8.88. The minimum absolute atomic E-state index is 0.00890. The van der Waals surface area contributed by atoms with Crippen molar-refractivity contribution < 1.29 is 4.79 Å². The zero-order valence-corrected chi connectivity index (χ0v) is 19.0. The summed E-state index contributed by atoms with van der Waals surface area (Å²) < 4.78 is 2.00. The molecule has 0 aliphatic carbocycles. The Morgan fingerprint density at radius 2 is 2.09 bits per heavy atom. The van der Waals surface area contributed by atoms with Gasteiger partial charge in [-0.15, -0.1) is 10.2 Å². The Morgan fingerprint density at radius 1 is 1.21 bits per heavy atom. The quantitative estimate of drug-likeness (QED) is 0.475. The van der Waals surface area contributed by atoms with Crippen LogP contribution in [0.5, 0.6) is 0 Å². The van der Waals surface area contributed by atoms with Crippen molar-refractivity contribution in [2.45, 2.75) is 38.8 Å². The molecule has 0 bridgehead atoms. The molecule has 1 amide bonds. The molecule has 1 aromatic carbocycles. The molecule has 5 rings (SSSR count). The second-order valence-corrected chi connectivity index (χ2v) is 8.75. The molecule has 4 aromatic rings. The number of carbonyl (C=O) groups excluding carboxylic acids is 1. The number of hydrogen-bond donors (Lipinski definition) is 2. The smallest absolute Gasteiger partial charge is 0.224 e. The summed E-state index contributed by atoms with van der Waals surface area (Å²) in [5.74, 6) is 0.678. The lowest BCUT2D eigenvalue weighted by molar-refractivity contribution is -0.120. The number of fused-ring (bicyclic) bond motifs is 2. The first-order chi connectivity index (χ1) is 16.0. The number of likely N-dealkylation sites (N-methyl/N-ethyl adjacent to an activating group) is 1. The minimum Gasteiger partial charge on any atom is -0.356 e. The topological polar surface area (TPSA) is 101 Å². The summed E-state index contributed by atoms with van der Waals surface area (Å²) in [5, 5.41) is 12.7. The maximum absolute atomic E-state index is 12.2. The Kier molecular flexibility index (Phi) is 5.78. The van der Waals surface area contributed by atoms with E-state index in [-0.39, 0.29) is 18.0 Å². The normalized spacial score (nSPS) is 17.6. The van der Waals surface area contributed by atoms with Gasteiger partial charge in [-0.3, -0.25) is 14.1 Å². The van der Waals surface area contributed by atoms with Crippen molar-refractivity contribution in [1.29, 1.82) is 0 Å². The van der Waals surface area contributed by atoms with Crippen molar-refractivity contribution in [3.8, 4) is 11.5 Å². The third-order valence-corrected chi connectivity index (χ3v) is 6.47. The third kappa shape index (κ3) is 4.19. The van der Waals surface area contributed by atoms with Gasteiger partial charge in [-0.05, 0) is 43.5 Å². The maximum atomic E-state index is 12.2. The van der Waals surface area contributed by atoms with Crippen LogP contribution < -0.4 is 11.1 Å². The van der Waals surface area contributed by atoms with Gasteiger partial charge in [0.15, 0.2) is 11.5 Å². The Bertz CT molecular complexity index is 1310. The highest BCUT2D eigenvalue weighted by molar-refractivity contribution is 5.88. The number of amides is 1. The van der Waals surface area contributed by atoms with Crippen LogP contribution in [0.4, 0.5) is 0 Å². The number of nitrogens with two attached hydrogens (primary N) is 1. The minimum atomic E-state index is -0.00890. The maximum Gasteiger partial charge on any atom is 0.224 e. The molecule has 8 nitrogen and oxygen atoms in total. The van der Waals surface area contributed by atoms with Crippen LogP contribution in [0, 0.1) is 0 Å². The van der Waals surface area contributed by atoms with E-state index in [9.17, 15) is 4.79 Å². The molecular weight excluding hydrogens is 414 g/mol. The van der Waals surface area contributed by atoms with E-state index in [0.717, 1.165) is 47.3 Å². The van der Waals surface area contributed by atoms with E-state index in [2.05, 4.69) is 39.6 Å². The van der Waals surface area contributed by atoms with Crippen LogP contribution in [0.3, 0.4) is 0 Å². The van der Waals surface area contributed by atoms with Crippen molar-refractivity contribution in [2.24, 2.45) is 5.73 Å². The van der Waals surface area contributed by atoms with Gasteiger partial charge < -0.3 is 11.1 Å². The molecule has 3 aromatic heterocycles. The van der Waals surface area contributed by atoms with E-state index in [1.807, 2.05) is 47.7 Å². The van der Waals surface area contributed by atoms with Gasteiger partial charge in [-0.2, -0.15) is 0 Å². The van der Waals surface area contributed by atoms with Gasteiger partial charge in [0, 0.05) is 43.3 Å². The van der Waals surface area contributed by atoms with Crippen LogP contribution in [0.25, 0.3) is 28.1 Å². The van der Waals surface area contributed by atoms with E-state index >= 15 is 0 Å². The fraction of sp³-hybridized carbons (Fsp3) is 0.360. The van der Waals surface area contributed by atoms with Gasteiger partial charge in [0.25, 0.3) is 0 Å². The summed E-state index contributed by atoms with van der Waals surface area (Å²) in [7, 11) is 0. The molecule has 33 heavy (non-hydrogen) atoms. The highest BCUT2D eigenvalue weighted by atomic mass is 16.1. The summed E-state index contributed by atoms with van der Waals surface area (Å²) in [6.45, 7) is 6.66. The van der Waals surface area contributed by atoms with Crippen molar-refractivity contribution in [3.05, 3.63) is 59.8 Å². The van der Waals surface area contributed by atoms with Crippen LogP contribution in [0.1, 0.15) is 37.4 Å². The second-order valence-electron chi connectivity index (χ2n) is 8.75. The summed E-state index contributed by atoms with van der Waals surface area (Å²) in [5.41, 5.74) is 10.5. The lowest BCUT2D eigenvalue weighted by Crippen LogP contribution is -2.28. The van der Waals surface area contributed by atoms with Gasteiger partial charge in [0.2, 0.25) is 5.91 Å². The van der Waals surface area contributed by atoms with E-state index in [0.29, 0.717) is 18.8 Å². The molecule has 0 radical (unpaired) electrons. The standard InChI is InChI=1S/C25H29N7O/c1-3-27-23(33)13-18-6-4-5-17-7-9-21(28-24(17)18)25-30-29-22-10-8-19(14-32(22)25)16(2)31-12-11-20(26)15-31/h4-10,14,16,20H,3,11-13,15,26H2,1-2H3,(H,27,33)/t16-,20-/m0/s1. The Balaban J connectivity index is 1.53. The molecule has 0 unspecified atom stereocenters. The van der Waals surface area contributed by atoms with Crippen LogP contribution in [-0.4, -0.2) is 56.1 Å². The molecule has 0 saturated carbocycles. The highest BCUT2D eigenvalue weighted by Gasteiger charge is 2.25. The lowest BCUT2D eigenvalue weighted by Gasteiger charge is -2.24. The molecule has 0 spiro atoms. The summed E-state index contributed by atoms with van der Waals surface area (Å²) in [4.78, 5) is 19.5. The molecule has 170 valence electrons. The van der Waals surface area contributed by atoms with Crippen LogP contribution >= 0.6 is 0 Å². The van der Waals surface area contributed by atoms with Crippen molar-refractivity contribution >= 4 is 22.5 Å². The zero-order chi connectivity index (χ0) is 22.9. The number of benzene rings is 1. The number of para-hydroxylation sites is 1. The van der Waals surface area contributed by atoms with E-state index < -0.39 is 0 Å². The summed E-state index contributed by atoms with van der Waals surface area (Å²) in [6.07, 6.45) is 3.43. The molecule has 2 atom stereocenters. The van der Waals surface area contributed by atoms with Gasteiger partial charge in [-0.25, -0.2) is 4.98 Å². The van der Waals surface area contributed by atoms with Crippen LogP contribution in [-0.2, 0) is 11.2 Å². The number of aromatic nitrogens is 4. The largest absolute Gasteiger partial charge is 0.356 e. The molecule has 1 fully saturated rings. The highest BCUT2D eigenvalue weighted by Crippen LogP contribution is 2.27. The van der Waals surface area contributed by atoms with Gasteiger partial charge in [0.1, 0.15) is 5.69 Å². The van der Waals surface area contributed by atoms with Gasteiger partial charge in [0.05, 0.1) is 11.9 Å². The molecule has 1 aliphatic heterocycles. The third-order valence-electron chi connectivity index (χ3n) is 6.47. The fourth-order valence-electron chi connectivity index (χ4n) is 4.62. The predicted molar refractivity (Wildman–Crippen MR) is 129 cm³/mol. The first kappa shape index (κ1) is 21.5. The van der Waals surface area contributed by atoms with E-state index in [4.69, 9.17) is 10.7 Å². The molecule has 1 aliphatic rings. The average molecular weight is 444 g/mol. The Labute approximate surface area is 192 Å². The van der Waals surface area contributed by atoms with Crippen LogP contribution in [0.2, 0.25) is 0 Å². The monoisotopic (exact) mass is 443 g/mol. The molecule has 8 heteroatoms. The number of rotatable bonds is 6. The Morgan fingerprint density at radius 3 is 2.88 bits per heavy atom. The lowest BCUT2D eigenvalue weighted by atomic mass is 10.1. The molecule has 4 heterocycles. The summed E-state index contributed by atoms with van der Waals surface area (Å²) >= 11 is 0. The average Bonchev–Trinajstić information content (AvgIpc) is 3.44. The van der Waals surface area contributed by atoms with Crippen molar-refractivity contribution in [3.63, 3.8) is 0 Å². The number of pyridine rings is 2. The van der Waals surface area contributed by atoms with E-state index in [1.54, 1.807) is 0 Å². The van der Waals surface area contributed by atoms with Gasteiger partial charge in [-0.1, -0.05) is 30.3 Å². The number of carbonyl (C=O) groups is 1. The SMILES string of the molecule is CCNC(=O)Cc1cccc2ccc(-c3nnc4ccc([C@H](C)N5CC[C@H](N)C5)cn34)nc12. The zero-order valence-electron chi connectivity index (χ0n) is 19.0. The Hall–Kier alpha value is -3.36. The van der Waals surface area contributed by atoms with Crippen LogP contribution in [0.15, 0.2) is 48.7 Å². The number of likely N-dealkylation sites (tertiary alicyclic amines) is 1. The van der Waals surface area contributed by atoms with Gasteiger partial charge >= 0.3 is 0 Å². The van der Waals surface area contributed by atoms with E-state index in [1.165, 1.54) is 5.56 Å². The predicted octanol–water partition coefficient (Wildman–Crippen LogP) is 2.72.